The summed E-state index contributed by atoms with van der Waals surface area (Å²) in [5, 5.41) is 2.16. The lowest BCUT2D eigenvalue weighted by atomic mass is 9.97. The fraction of sp³-hybridized carbons (Fsp3) is 0.250. The van der Waals surface area contributed by atoms with Crippen molar-refractivity contribution < 1.29 is 0 Å². The standard InChI is InChI=1S/C16H15BrS2/c1-9-6-10(2)15(11(3)7-9)16(17)14-8-13-12(19-14)4-5-18-13/h4-8,16H,1-3H3. The average Bonchev–Trinajstić information content (AvgIpc) is 2.86. The first kappa shape index (κ1) is 13.3. The molecule has 0 saturated carbocycles. The number of alkyl halides is 1. The molecule has 3 rings (SSSR count). The molecule has 19 heavy (non-hydrogen) atoms. The van der Waals surface area contributed by atoms with Gasteiger partial charge >= 0.3 is 0 Å². The Morgan fingerprint density at radius 2 is 1.68 bits per heavy atom. The molecular weight excluding hydrogens is 336 g/mol. The van der Waals surface area contributed by atoms with Crippen molar-refractivity contribution in [3.05, 3.63) is 56.8 Å². The first-order chi connectivity index (χ1) is 9.06. The monoisotopic (exact) mass is 350 g/mol. The van der Waals surface area contributed by atoms with Crippen molar-refractivity contribution in [1.29, 1.82) is 0 Å². The summed E-state index contributed by atoms with van der Waals surface area (Å²) >= 11 is 7.61. The maximum Gasteiger partial charge on any atom is 0.0743 e. The molecule has 0 spiro atoms. The smallest absolute Gasteiger partial charge is 0.0743 e. The van der Waals surface area contributed by atoms with Crippen molar-refractivity contribution in [2.75, 3.05) is 0 Å². The highest BCUT2D eigenvalue weighted by Crippen LogP contribution is 2.42. The third kappa shape index (κ3) is 2.39. The van der Waals surface area contributed by atoms with Crippen LogP contribution in [-0.2, 0) is 0 Å². The summed E-state index contributed by atoms with van der Waals surface area (Å²) in [5.41, 5.74) is 5.50. The molecule has 2 heterocycles. The molecule has 0 N–H and O–H groups in total. The summed E-state index contributed by atoms with van der Waals surface area (Å²) in [6.07, 6.45) is 0. The molecule has 0 bridgehead atoms. The van der Waals surface area contributed by atoms with Gasteiger partial charge in [-0.05, 0) is 55.0 Å². The maximum atomic E-state index is 3.90. The second-order valence-electron chi connectivity index (χ2n) is 4.97. The normalized spacial score (nSPS) is 13.1. The van der Waals surface area contributed by atoms with Crippen LogP contribution in [0.15, 0.2) is 29.6 Å². The molecule has 0 amide bonds. The molecule has 0 aliphatic rings. The Kier molecular flexibility index (Phi) is 3.54. The molecule has 3 heteroatoms. The number of rotatable bonds is 2. The van der Waals surface area contributed by atoms with Crippen LogP contribution in [0.25, 0.3) is 9.40 Å². The van der Waals surface area contributed by atoms with Gasteiger partial charge in [-0.2, -0.15) is 0 Å². The number of benzene rings is 1. The Morgan fingerprint density at radius 1 is 1.00 bits per heavy atom. The van der Waals surface area contributed by atoms with Crippen LogP contribution < -0.4 is 0 Å². The molecule has 0 aliphatic heterocycles. The van der Waals surface area contributed by atoms with Crippen molar-refractivity contribution >= 4 is 48.0 Å². The van der Waals surface area contributed by atoms with Crippen molar-refractivity contribution in [2.45, 2.75) is 25.6 Å². The van der Waals surface area contributed by atoms with Gasteiger partial charge in [0.05, 0.1) is 4.83 Å². The largest absolute Gasteiger partial charge is 0.143 e. The number of thiophene rings is 2. The molecule has 1 aromatic carbocycles. The van der Waals surface area contributed by atoms with Gasteiger partial charge in [0.25, 0.3) is 0 Å². The van der Waals surface area contributed by atoms with Gasteiger partial charge in [0.1, 0.15) is 0 Å². The van der Waals surface area contributed by atoms with E-state index in [9.17, 15) is 0 Å². The van der Waals surface area contributed by atoms with Gasteiger partial charge in [0, 0.05) is 14.3 Å². The van der Waals surface area contributed by atoms with E-state index < -0.39 is 0 Å². The molecule has 98 valence electrons. The molecule has 0 radical (unpaired) electrons. The van der Waals surface area contributed by atoms with E-state index in [4.69, 9.17) is 0 Å². The SMILES string of the molecule is Cc1cc(C)c(C(Br)c2cc3sccc3s2)c(C)c1. The van der Waals surface area contributed by atoms with E-state index in [0.717, 1.165) is 0 Å². The van der Waals surface area contributed by atoms with Crippen LogP contribution in [-0.4, -0.2) is 0 Å². The van der Waals surface area contributed by atoms with Gasteiger partial charge < -0.3 is 0 Å². The molecule has 3 aromatic rings. The molecule has 2 aromatic heterocycles. The van der Waals surface area contributed by atoms with E-state index in [1.54, 1.807) is 0 Å². The Balaban J connectivity index is 2.09. The van der Waals surface area contributed by atoms with Gasteiger partial charge in [0.2, 0.25) is 0 Å². The van der Waals surface area contributed by atoms with E-state index in [1.165, 1.54) is 36.5 Å². The van der Waals surface area contributed by atoms with Crippen LogP contribution in [0.3, 0.4) is 0 Å². The minimum Gasteiger partial charge on any atom is -0.143 e. The highest BCUT2D eigenvalue weighted by molar-refractivity contribution is 9.09. The zero-order chi connectivity index (χ0) is 13.6. The first-order valence-electron chi connectivity index (χ1n) is 6.25. The van der Waals surface area contributed by atoms with Crippen LogP contribution in [0.5, 0.6) is 0 Å². The van der Waals surface area contributed by atoms with Crippen LogP contribution in [0.2, 0.25) is 0 Å². The maximum absolute atomic E-state index is 3.90. The predicted octanol–water partition coefficient (Wildman–Crippen LogP) is 6.37. The van der Waals surface area contributed by atoms with E-state index in [2.05, 4.69) is 66.3 Å². The second-order valence-corrected chi connectivity index (χ2v) is 7.95. The molecular formula is C16H15BrS2. The van der Waals surface area contributed by atoms with Gasteiger partial charge in [0.15, 0.2) is 0 Å². The van der Waals surface area contributed by atoms with E-state index in [-0.39, 0.29) is 0 Å². The summed E-state index contributed by atoms with van der Waals surface area (Å²) in [6, 6.07) is 9.07. The fourth-order valence-electron chi connectivity index (χ4n) is 2.64. The van der Waals surface area contributed by atoms with Crippen LogP contribution >= 0.6 is 38.6 Å². The minimum atomic E-state index is 0.303. The highest BCUT2D eigenvalue weighted by atomic mass is 79.9. The number of hydrogen-bond acceptors (Lipinski definition) is 2. The third-order valence-corrected chi connectivity index (χ3v) is 6.81. The van der Waals surface area contributed by atoms with E-state index in [1.807, 2.05) is 22.7 Å². The zero-order valence-corrected chi connectivity index (χ0v) is 14.4. The molecule has 0 nitrogen and oxygen atoms in total. The average molecular weight is 351 g/mol. The van der Waals surface area contributed by atoms with Crippen molar-refractivity contribution in [1.82, 2.24) is 0 Å². The summed E-state index contributed by atoms with van der Waals surface area (Å²) in [4.78, 5) is 1.70. The fourth-order valence-corrected chi connectivity index (χ4v) is 5.88. The number of aryl methyl sites for hydroxylation is 3. The number of halogens is 1. The third-order valence-electron chi connectivity index (χ3n) is 3.40. The molecule has 0 fully saturated rings. The lowest BCUT2D eigenvalue weighted by molar-refractivity contribution is 1.13. The molecule has 0 aliphatic carbocycles. The van der Waals surface area contributed by atoms with Gasteiger partial charge in [-0.3, -0.25) is 0 Å². The summed E-state index contributed by atoms with van der Waals surface area (Å²) < 4.78 is 2.79. The van der Waals surface area contributed by atoms with Crippen LogP contribution in [0.4, 0.5) is 0 Å². The Bertz CT molecular complexity index is 685. The zero-order valence-electron chi connectivity index (χ0n) is 11.2. The van der Waals surface area contributed by atoms with Gasteiger partial charge in [-0.15, -0.1) is 22.7 Å². The lowest BCUT2D eigenvalue weighted by Gasteiger charge is -2.16. The van der Waals surface area contributed by atoms with Gasteiger partial charge in [-0.1, -0.05) is 33.6 Å². The quantitative estimate of drug-likeness (QED) is 0.471. The predicted molar refractivity (Wildman–Crippen MR) is 91.1 cm³/mol. The summed E-state index contributed by atoms with van der Waals surface area (Å²) in [7, 11) is 0. The minimum absolute atomic E-state index is 0.303. The van der Waals surface area contributed by atoms with Crippen molar-refractivity contribution in [3.63, 3.8) is 0 Å². The van der Waals surface area contributed by atoms with Crippen molar-refractivity contribution in [2.24, 2.45) is 0 Å². The topological polar surface area (TPSA) is 0 Å². The first-order valence-corrected chi connectivity index (χ1v) is 8.86. The highest BCUT2D eigenvalue weighted by Gasteiger charge is 2.18. The Morgan fingerprint density at radius 3 is 2.32 bits per heavy atom. The molecule has 1 atom stereocenters. The number of fused-ring (bicyclic) bond motifs is 1. The number of hydrogen-bond donors (Lipinski definition) is 0. The Labute approximate surface area is 130 Å². The van der Waals surface area contributed by atoms with Crippen LogP contribution in [0, 0.1) is 20.8 Å². The Hall–Kier alpha value is -0.640. The molecule has 0 saturated heterocycles. The lowest BCUT2D eigenvalue weighted by Crippen LogP contribution is -1.98. The summed E-state index contributed by atoms with van der Waals surface area (Å²) in [6.45, 7) is 6.58. The second kappa shape index (κ2) is 5.04. The van der Waals surface area contributed by atoms with Crippen LogP contribution in [0.1, 0.15) is 32.0 Å². The van der Waals surface area contributed by atoms with Crippen molar-refractivity contribution in [3.8, 4) is 0 Å². The van der Waals surface area contributed by atoms with E-state index in [0.29, 0.717) is 4.83 Å². The molecule has 1 unspecified atom stereocenters. The van der Waals surface area contributed by atoms with Gasteiger partial charge in [-0.25, -0.2) is 0 Å². The summed E-state index contributed by atoms with van der Waals surface area (Å²) in [5.74, 6) is 0. The van der Waals surface area contributed by atoms with E-state index >= 15 is 0 Å².